The Morgan fingerprint density at radius 1 is 1.00 bits per heavy atom. The zero-order valence-corrected chi connectivity index (χ0v) is 24.0. The number of benzene rings is 1. The second kappa shape index (κ2) is 15.3. The first-order chi connectivity index (χ1) is 17.8. The first kappa shape index (κ1) is 30.2. The van der Waals surface area contributed by atoms with E-state index in [1.54, 1.807) is 34.5 Å². The largest absolute Gasteiger partial charge is 0.493 e. The Bertz CT molecular complexity index is 1030. The number of nitrogens with zero attached hydrogens (tertiary/aromatic N) is 1. The van der Waals surface area contributed by atoms with Gasteiger partial charge in [0.1, 0.15) is 0 Å². The van der Waals surface area contributed by atoms with Crippen LogP contribution < -0.4 is 9.47 Å². The third-order valence-electron chi connectivity index (χ3n) is 6.80. The van der Waals surface area contributed by atoms with Crippen molar-refractivity contribution in [2.75, 3.05) is 48.6 Å². The van der Waals surface area contributed by atoms with Crippen molar-refractivity contribution in [1.29, 1.82) is 0 Å². The summed E-state index contributed by atoms with van der Waals surface area (Å²) >= 11 is 0. The molecule has 0 saturated heterocycles. The molecular formula is C31H45NO5. The maximum absolute atomic E-state index is 11.9. The lowest BCUT2D eigenvalue weighted by molar-refractivity contribution is -0.114. The van der Waals surface area contributed by atoms with Crippen molar-refractivity contribution in [3.63, 3.8) is 0 Å². The van der Waals surface area contributed by atoms with Gasteiger partial charge in [-0.2, -0.15) is 0 Å². The fourth-order valence-electron chi connectivity index (χ4n) is 4.55. The fraction of sp³-hybridized carbons (Fsp3) is 0.516. The summed E-state index contributed by atoms with van der Waals surface area (Å²) in [5.41, 5.74) is 4.93. The van der Waals surface area contributed by atoms with E-state index in [4.69, 9.17) is 18.9 Å². The van der Waals surface area contributed by atoms with Crippen LogP contribution in [0.1, 0.15) is 57.6 Å². The van der Waals surface area contributed by atoms with Crippen molar-refractivity contribution in [3.05, 3.63) is 64.2 Å². The lowest BCUT2D eigenvalue weighted by Gasteiger charge is -2.22. The van der Waals surface area contributed by atoms with Crippen LogP contribution in [0.15, 0.2) is 53.0 Å². The van der Waals surface area contributed by atoms with Crippen LogP contribution in [0.3, 0.4) is 0 Å². The number of rotatable bonds is 15. The van der Waals surface area contributed by atoms with Crippen LogP contribution >= 0.6 is 0 Å². The summed E-state index contributed by atoms with van der Waals surface area (Å²) in [7, 11) is 8.80. The van der Waals surface area contributed by atoms with E-state index < -0.39 is 0 Å². The summed E-state index contributed by atoms with van der Waals surface area (Å²) in [6.45, 7) is 8.29. The second-order valence-corrected chi connectivity index (χ2v) is 9.61. The smallest absolute Gasteiger partial charge is 0.161 e. The van der Waals surface area contributed by atoms with Crippen molar-refractivity contribution in [3.8, 4) is 11.5 Å². The van der Waals surface area contributed by atoms with Crippen LogP contribution in [-0.4, -0.2) is 59.3 Å². The molecule has 0 saturated carbocycles. The predicted octanol–water partition coefficient (Wildman–Crippen LogP) is 6.37. The van der Waals surface area contributed by atoms with Gasteiger partial charge in [-0.3, -0.25) is 4.79 Å². The monoisotopic (exact) mass is 511 g/mol. The molecule has 2 rings (SSSR count). The molecule has 204 valence electrons. The van der Waals surface area contributed by atoms with Gasteiger partial charge in [-0.15, -0.1) is 0 Å². The molecule has 0 unspecified atom stereocenters. The molecule has 0 atom stereocenters. The molecule has 1 aromatic rings. The average molecular weight is 512 g/mol. The Labute approximate surface area is 223 Å². The molecule has 1 aliphatic carbocycles. The minimum Gasteiger partial charge on any atom is -0.493 e. The number of methoxy groups -OCH3 is 4. The minimum atomic E-state index is 0.104. The van der Waals surface area contributed by atoms with E-state index in [0.29, 0.717) is 23.8 Å². The number of likely N-dealkylation sites (N-methyl/N-ethyl adjacent to an activating group) is 1. The number of ether oxygens (including phenoxy) is 4. The topological polar surface area (TPSA) is 57.2 Å². The molecule has 0 bridgehead atoms. The summed E-state index contributed by atoms with van der Waals surface area (Å²) in [6, 6.07) is 3.97. The molecule has 0 amide bonds. The van der Waals surface area contributed by atoms with E-state index in [2.05, 4.69) is 37.9 Å². The van der Waals surface area contributed by atoms with Crippen LogP contribution in [-0.2, 0) is 20.7 Å². The second-order valence-electron chi connectivity index (χ2n) is 9.61. The van der Waals surface area contributed by atoms with E-state index in [-0.39, 0.29) is 5.78 Å². The van der Waals surface area contributed by atoms with Gasteiger partial charge < -0.3 is 23.8 Å². The molecule has 1 aromatic carbocycles. The zero-order chi connectivity index (χ0) is 27.4. The molecule has 0 heterocycles. The molecule has 0 aliphatic heterocycles. The summed E-state index contributed by atoms with van der Waals surface area (Å²) < 4.78 is 22.0. The number of allylic oxidation sites excluding steroid dienone is 5. The van der Waals surface area contributed by atoms with Gasteiger partial charge >= 0.3 is 0 Å². The van der Waals surface area contributed by atoms with E-state index in [9.17, 15) is 4.79 Å². The third-order valence-corrected chi connectivity index (χ3v) is 6.80. The van der Waals surface area contributed by atoms with Crippen LogP contribution in [0.5, 0.6) is 11.5 Å². The van der Waals surface area contributed by atoms with Crippen molar-refractivity contribution < 1.29 is 23.7 Å². The van der Waals surface area contributed by atoms with Crippen molar-refractivity contribution >= 4 is 11.9 Å². The van der Waals surface area contributed by atoms with Crippen molar-refractivity contribution in [2.24, 2.45) is 5.92 Å². The van der Waals surface area contributed by atoms with Gasteiger partial charge in [0, 0.05) is 13.0 Å². The van der Waals surface area contributed by atoms with Crippen LogP contribution in [0, 0.1) is 5.92 Å². The van der Waals surface area contributed by atoms with E-state index in [1.807, 2.05) is 25.1 Å². The van der Waals surface area contributed by atoms with E-state index >= 15 is 0 Å². The number of ketones is 1. The molecule has 6 heteroatoms. The van der Waals surface area contributed by atoms with Gasteiger partial charge in [0.25, 0.3) is 0 Å². The fourth-order valence-corrected chi connectivity index (χ4v) is 4.55. The molecule has 1 aliphatic rings. The number of carbonyl (C=O) groups is 1. The molecular weight excluding hydrogens is 466 g/mol. The molecule has 0 aromatic heterocycles. The Hall–Kier alpha value is -2.99. The standard InChI is InChI=1S/C31H45NO5/c1-9-26(33)14-12-23-19-30(36-7)31(37-8)20-24(23)16-18-32(4)17-10-11-27(22(2)3)25-13-15-28(34-5)29(21-25)35-6/h12,14-15,19-22H,9-11,13,16-18H2,1-8H3. The van der Waals surface area contributed by atoms with Crippen LogP contribution in [0.4, 0.5) is 0 Å². The highest BCUT2D eigenvalue weighted by atomic mass is 16.5. The van der Waals surface area contributed by atoms with Crippen molar-refractivity contribution in [1.82, 2.24) is 4.90 Å². The Morgan fingerprint density at radius 2 is 1.68 bits per heavy atom. The summed E-state index contributed by atoms with van der Waals surface area (Å²) in [6.07, 6.45) is 12.1. The molecule has 0 spiro atoms. The van der Waals surface area contributed by atoms with E-state index in [0.717, 1.165) is 61.4 Å². The number of carbonyl (C=O) groups excluding carboxylic acids is 1. The number of hydrogen-bond acceptors (Lipinski definition) is 6. The van der Waals surface area contributed by atoms with Gasteiger partial charge in [0.15, 0.2) is 28.8 Å². The molecule has 37 heavy (non-hydrogen) atoms. The summed E-state index contributed by atoms with van der Waals surface area (Å²) in [5, 5.41) is 0. The molecule has 0 radical (unpaired) electrons. The highest BCUT2D eigenvalue weighted by Crippen LogP contribution is 2.32. The maximum atomic E-state index is 11.9. The Balaban J connectivity index is 2.06. The number of hydrogen-bond donors (Lipinski definition) is 0. The first-order valence-corrected chi connectivity index (χ1v) is 13.1. The molecule has 0 fully saturated rings. The highest BCUT2D eigenvalue weighted by Gasteiger charge is 2.17. The summed E-state index contributed by atoms with van der Waals surface area (Å²) in [5.74, 6) is 3.54. The zero-order valence-electron chi connectivity index (χ0n) is 24.0. The highest BCUT2D eigenvalue weighted by molar-refractivity contribution is 5.93. The van der Waals surface area contributed by atoms with Crippen LogP contribution in [0.2, 0.25) is 0 Å². The SMILES string of the molecule is CCC(=O)C=Cc1cc(OC)c(OC)cc1CCN(C)CCCC(=C1C=C(OC)C(OC)=CC1)C(C)C. The lowest BCUT2D eigenvalue weighted by atomic mass is 9.89. The van der Waals surface area contributed by atoms with Gasteiger partial charge in [-0.1, -0.05) is 32.4 Å². The van der Waals surface area contributed by atoms with Gasteiger partial charge in [-0.25, -0.2) is 0 Å². The van der Waals surface area contributed by atoms with Crippen molar-refractivity contribution in [2.45, 2.75) is 52.9 Å². The van der Waals surface area contributed by atoms with Gasteiger partial charge in [0.2, 0.25) is 0 Å². The average Bonchev–Trinajstić information content (AvgIpc) is 2.91. The minimum absolute atomic E-state index is 0.104. The maximum Gasteiger partial charge on any atom is 0.161 e. The third kappa shape index (κ3) is 8.81. The molecule has 6 nitrogen and oxygen atoms in total. The van der Waals surface area contributed by atoms with E-state index in [1.165, 1.54) is 11.1 Å². The Kier molecular flexibility index (Phi) is 12.5. The van der Waals surface area contributed by atoms with Gasteiger partial charge in [-0.05, 0) is 92.3 Å². The van der Waals surface area contributed by atoms with Gasteiger partial charge in [0.05, 0.1) is 28.4 Å². The lowest BCUT2D eigenvalue weighted by Crippen LogP contribution is -2.23. The normalized spacial score (nSPS) is 15.1. The predicted molar refractivity (Wildman–Crippen MR) is 151 cm³/mol. The van der Waals surface area contributed by atoms with Crippen LogP contribution in [0.25, 0.3) is 6.08 Å². The quantitative estimate of drug-likeness (QED) is 0.255. The summed E-state index contributed by atoms with van der Waals surface area (Å²) in [4.78, 5) is 14.2. The molecule has 0 N–H and O–H groups in total. The Morgan fingerprint density at radius 3 is 2.27 bits per heavy atom. The first-order valence-electron chi connectivity index (χ1n) is 13.1.